The van der Waals surface area contributed by atoms with E-state index in [-0.39, 0.29) is 11.8 Å². The standard InChI is InChI=1S/C25H24N2O3/c28-24-13-11-19-14-20(10-12-23(19)27-24)25(29)26-15-21-8-4-5-9-22(21)17-30-16-18-6-2-1-3-7-18/h1-10,12,14H,11,13,15-17H2,(H,26,29)(H,27,28). The Kier molecular flexibility index (Phi) is 6.20. The summed E-state index contributed by atoms with van der Waals surface area (Å²) in [6.07, 6.45) is 1.11. The van der Waals surface area contributed by atoms with Crippen molar-refractivity contribution in [3.8, 4) is 0 Å². The Balaban J connectivity index is 1.35. The first kappa shape index (κ1) is 19.9. The summed E-state index contributed by atoms with van der Waals surface area (Å²) in [5.74, 6) is -0.111. The zero-order chi connectivity index (χ0) is 20.8. The van der Waals surface area contributed by atoms with Crippen molar-refractivity contribution in [2.75, 3.05) is 5.32 Å². The minimum absolute atomic E-state index is 0.0193. The van der Waals surface area contributed by atoms with E-state index in [2.05, 4.69) is 10.6 Å². The van der Waals surface area contributed by atoms with E-state index < -0.39 is 0 Å². The van der Waals surface area contributed by atoms with E-state index in [4.69, 9.17) is 4.74 Å². The van der Waals surface area contributed by atoms with Crippen LogP contribution in [0.1, 0.15) is 39.0 Å². The smallest absolute Gasteiger partial charge is 0.251 e. The molecule has 0 atom stereocenters. The Hall–Kier alpha value is -3.44. The molecular weight excluding hydrogens is 376 g/mol. The largest absolute Gasteiger partial charge is 0.372 e. The van der Waals surface area contributed by atoms with Crippen LogP contribution >= 0.6 is 0 Å². The third kappa shape index (κ3) is 4.93. The molecule has 0 aromatic heterocycles. The first-order valence-corrected chi connectivity index (χ1v) is 10.1. The Bertz CT molecular complexity index is 1050. The maximum Gasteiger partial charge on any atom is 0.251 e. The van der Waals surface area contributed by atoms with Gasteiger partial charge in [-0.15, -0.1) is 0 Å². The van der Waals surface area contributed by atoms with E-state index in [1.165, 1.54) is 0 Å². The van der Waals surface area contributed by atoms with Crippen LogP contribution < -0.4 is 10.6 Å². The summed E-state index contributed by atoms with van der Waals surface area (Å²) in [6, 6.07) is 23.4. The van der Waals surface area contributed by atoms with E-state index in [1.807, 2.05) is 60.7 Å². The van der Waals surface area contributed by atoms with Crippen LogP contribution in [-0.2, 0) is 35.7 Å². The molecule has 0 radical (unpaired) electrons. The van der Waals surface area contributed by atoms with Crippen molar-refractivity contribution in [3.63, 3.8) is 0 Å². The number of amides is 2. The molecule has 5 nitrogen and oxygen atoms in total. The summed E-state index contributed by atoms with van der Waals surface area (Å²) in [7, 11) is 0. The van der Waals surface area contributed by atoms with Gasteiger partial charge in [0.15, 0.2) is 0 Å². The van der Waals surface area contributed by atoms with Gasteiger partial charge in [-0.25, -0.2) is 0 Å². The summed E-state index contributed by atoms with van der Waals surface area (Å²) in [4.78, 5) is 24.1. The second-order valence-electron chi connectivity index (χ2n) is 7.35. The highest BCUT2D eigenvalue weighted by molar-refractivity contribution is 5.97. The molecule has 0 saturated carbocycles. The molecule has 30 heavy (non-hydrogen) atoms. The van der Waals surface area contributed by atoms with Crippen molar-refractivity contribution in [2.45, 2.75) is 32.6 Å². The third-order valence-corrected chi connectivity index (χ3v) is 5.19. The van der Waals surface area contributed by atoms with Crippen LogP contribution in [0.5, 0.6) is 0 Å². The molecule has 2 N–H and O–H groups in total. The zero-order valence-corrected chi connectivity index (χ0v) is 16.7. The summed E-state index contributed by atoms with van der Waals surface area (Å²) >= 11 is 0. The van der Waals surface area contributed by atoms with Crippen LogP contribution in [0.2, 0.25) is 0 Å². The van der Waals surface area contributed by atoms with Crippen molar-refractivity contribution in [2.24, 2.45) is 0 Å². The molecule has 0 fully saturated rings. The van der Waals surface area contributed by atoms with E-state index >= 15 is 0 Å². The van der Waals surface area contributed by atoms with Gasteiger partial charge in [0, 0.05) is 24.2 Å². The molecule has 152 valence electrons. The molecule has 1 heterocycles. The van der Waals surface area contributed by atoms with Gasteiger partial charge in [-0.1, -0.05) is 54.6 Å². The molecule has 1 aliphatic rings. The molecular formula is C25H24N2O3. The van der Waals surface area contributed by atoms with Crippen LogP contribution in [0.4, 0.5) is 5.69 Å². The fourth-order valence-electron chi connectivity index (χ4n) is 3.53. The van der Waals surface area contributed by atoms with Gasteiger partial charge in [0.1, 0.15) is 0 Å². The number of benzene rings is 3. The van der Waals surface area contributed by atoms with Gasteiger partial charge in [-0.3, -0.25) is 9.59 Å². The molecule has 0 bridgehead atoms. The number of fused-ring (bicyclic) bond motifs is 1. The van der Waals surface area contributed by atoms with Gasteiger partial charge in [-0.2, -0.15) is 0 Å². The first-order valence-electron chi connectivity index (χ1n) is 10.1. The summed E-state index contributed by atoms with van der Waals surface area (Å²) in [6.45, 7) is 1.46. The van der Waals surface area contributed by atoms with Crippen molar-refractivity contribution in [1.29, 1.82) is 0 Å². The number of ether oxygens (including phenoxy) is 1. The SMILES string of the molecule is O=C1CCc2cc(C(=O)NCc3ccccc3COCc3ccccc3)ccc2N1. The number of hydrogen-bond donors (Lipinski definition) is 2. The van der Waals surface area contributed by atoms with Crippen molar-refractivity contribution < 1.29 is 14.3 Å². The van der Waals surface area contributed by atoms with Gasteiger partial charge in [-0.05, 0) is 46.9 Å². The van der Waals surface area contributed by atoms with Crippen LogP contribution in [0.25, 0.3) is 0 Å². The number of rotatable bonds is 7. The number of hydrogen-bond acceptors (Lipinski definition) is 3. The van der Waals surface area contributed by atoms with E-state index in [0.717, 1.165) is 27.9 Å². The highest BCUT2D eigenvalue weighted by Crippen LogP contribution is 2.23. The van der Waals surface area contributed by atoms with E-state index in [1.54, 1.807) is 12.1 Å². The lowest BCUT2D eigenvalue weighted by atomic mass is 10.00. The quantitative estimate of drug-likeness (QED) is 0.624. The molecule has 0 saturated heterocycles. The maximum atomic E-state index is 12.6. The van der Waals surface area contributed by atoms with Crippen LogP contribution in [0, 0.1) is 0 Å². The van der Waals surface area contributed by atoms with Crippen LogP contribution in [-0.4, -0.2) is 11.8 Å². The monoisotopic (exact) mass is 400 g/mol. The molecule has 3 aromatic carbocycles. The Labute approximate surface area is 176 Å². The van der Waals surface area contributed by atoms with Crippen molar-refractivity contribution in [3.05, 3.63) is 101 Å². The molecule has 0 spiro atoms. The predicted octanol–water partition coefficient (Wildman–Crippen LogP) is 4.22. The Morgan fingerprint density at radius 2 is 1.67 bits per heavy atom. The molecule has 2 amide bonds. The molecule has 3 aromatic rings. The fraction of sp³-hybridized carbons (Fsp3) is 0.200. The van der Waals surface area contributed by atoms with E-state index in [9.17, 15) is 9.59 Å². The third-order valence-electron chi connectivity index (χ3n) is 5.19. The topological polar surface area (TPSA) is 67.4 Å². The average Bonchev–Trinajstić information content (AvgIpc) is 2.78. The minimum atomic E-state index is -0.130. The number of anilines is 1. The second kappa shape index (κ2) is 9.37. The molecule has 0 aliphatic carbocycles. The highest BCUT2D eigenvalue weighted by Gasteiger charge is 2.16. The molecule has 5 heteroatoms. The first-order chi connectivity index (χ1) is 14.7. The summed E-state index contributed by atoms with van der Waals surface area (Å²) < 4.78 is 5.86. The van der Waals surface area contributed by atoms with Gasteiger partial charge >= 0.3 is 0 Å². The van der Waals surface area contributed by atoms with Gasteiger partial charge in [0.25, 0.3) is 5.91 Å². The van der Waals surface area contributed by atoms with E-state index in [0.29, 0.717) is 38.2 Å². The lowest BCUT2D eigenvalue weighted by molar-refractivity contribution is -0.116. The normalized spacial score (nSPS) is 12.7. The van der Waals surface area contributed by atoms with Crippen molar-refractivity contribution in [1.82, 2.24) is 5.32 Å². The number of carbonyl (C=O) groups is 2. The number of nitrogens with one attached hydrogen (secondary N) is 2. The summed E-state index contributed by atoms with van der Waals surface area (Å²) in [5.41, 5.74) is 5.61. The Morgan fingerprint density at radius 3 is 2.50 bits per heavy atom. The van der Waals surface area contributed by atoms with Crippen molar-refractivity contribution >= 4 is 17.5 Å². The molecule has 4 rings (SSSR count). The lowest BCUT2D eigenvalue weighted by Crippen LogP contribution is -2.24. The number of carbonyl (C=O) groups excluding carboxylic acids is 2. The van der Waals surface area contributed by atoms with Gasteiger partial charge < -0.3 is 15.4 Å². The predicted molar refractivity (Wildman–Crippen MR) is 116 cm³/mol. The maximum absolute atomic E-state index is 12.6. The lowest BCUT2D eigenvalue weighted by Gasteiger charge is -2.17. The number of aryl methyl sites for hydroxylation is 1. The zero-order valence-electron chi connectivity index (χ0n) is 16.7. The summed E-state index contributed by atoms with van der Waals surface area (Å²) in [5, 5.41) is 5.84. The second-order valence-corrected chi connectivity index (χ2v) is 7.35. The molecule has 0 unspecified atom stereocenters. The van der Waals surface area contributed by atoms with Crippen LogP contribution in [0.15, 0.2) is 72.8 Å². The van der Waals surface area contributed by atoms with Crippen LogP contribution in [0.3, 0.4) is 0 Å². The van der Waals surface area contributed by atoms with Gasteiger partial charge in [0.05, 0.1) is 13.2 Å². The minimum Gasteiger partial charge on any atom is -0.372 e. The average molecular weight is 400 g/mol. The highest BCUT2D eigenvalue weighted by atomic mass is 16.5. The fourth-order valence-corrected chi connectivity index (χ4v) is 3.53. The van der Waals surface area contributed by atoms with Gasteiger partial charge in [0.2, 0.25) is 5.91 Å². The molecule has 1 aliphatic heterocycles. The Morgan fingerprint density at radius 1 is 0.900 bits per heavy atom.